The van der Waals surface area contributed by atoms with E-state index in [4.69, 9.17) is 17.0 Å². The molecule has 5 heteroatoms. The van der Waals surface area contributed by atoms with Crippen LogP contribution in [0.4, 0.5) is 0 Å². The molecule has 0 saturated carbocycles. The molecule has 1 aromatic carbocycles. The van der Waals surface area contributed by atoms with E-state index in [1.54, 1.807) is 6.20 Å². The first-order valence-corrected chi connectivity index (χ1v) is 6.09. The molecule has 0 atom stereocenters. The highest BCUT2D eigenvalue weighted by Gasteiger charge is 2.06. The van der Waals surface area contributed by atoms with Gasteiger partial charge in [0.25, 0.3) is 5.56 Å². The predicted molar refractivity (Wildman–Crippen MR) is 73.1 cm³/mol. The Morgan fingerprint density at radius 3 is 2.89 bits per heavy atom. The van der Waals surface area contributed by atoms with Crippen LogP contribution in [0.2, 0.25) is 0 Å². The van der Waals surface area contributed by atoms with Crippen molar-refractivity contribution in [1.82, 2.24) is 9.78 Å². The number of H-pyrrole nitrogens is 1. The minimum absolute atomic E-state index is 0.192. The third-order valence-electron chi connectivity index (χ3n) is 2.51. The van der Waals surface area contributed by atoms with Gasteiger partial charge in [0, 0.05) is 0 Å². The zero-order valence-corrected chi connectivity index (χ0v) is 11.1. The molecule has 94 valence electrons. The lowest BCUT2D eigenvalue weighted by atomic mass is 10.2. The van der Waals surface area contributed by atoms with Crippen molar-refractivity contribution in [1.29, 1.82) is 0 Å². The Balaban J connectivity index is 2.58. The van der Waals surface area contributed by atoms with Gasteiger partial charge >= 0.3 is 0 Å². The largest absolute Gasteiger partial charge is 0.491 e. The summed E-state index contributed by atoms with van der Waals surface area (Å²) in [5.74, 6) is 0.418. The molecule has 0 bridgehead atoms. The molecule has 1 aromatic heterocycles. The van der Waals surface area contributed by atoms with E-state index in [2.05, 4.69) is 5.10 Å². The lowest BCUT2D eigenvalue weighted by molar-refractivity contribution is 0.335. The first kappa shape index (κ1) is 12.6. The van der Waals surface area contributed by atoms with Crippen LogP contribution in [-0.2, 0) is 0 Å². The van der Waals surface area contributed by atoms with Crippen LogP contribution in [0.15, 0.2) is 35.3 Å². The van der Waals surface area contributed by atoms with Crippen molar-refractivity contribution in [2.45, 2.75) is 13.8 Å². The van der Waals surface area contributed by atoms with E-state index in [0.717, 1.165) is 11.3 Å². The molecule has 0 unspecified atom stereocenters. The summed E-state index contributed by atoms with van der Waals surface area (Å²) in [6.45, 7) is 4.30. The van der Waals surface area contributed by atoms with Crippen LogP contribution >= 0.6 is 12.2 Å². The molecule has 0 saturated heterocycles. The Morgan fingerprint density at radius 1 is 1.44 bits per heavy atom. The molecule has 0 spiro atoms. The van der Waals surface area contributed by atoms with E-state index in [-0.39, 0.29) is 10.1 Å². The molecule has 4 nitrogen and oxygen atoms in total. The van der Waals surface area contributed by atoms with E-state index >= 15 is 0 Å². The Labute approximate surface area is 110 Å². The molecule has 1 heterocycles. The maximum Gasteiger partial charge on any atom is 0.291 e. The van der Waals surface area contributed by atoms with E-state index in [0.29, 0.717) is 12.4 Å². The molecule has 0 aliphatic carbocycles. The topological polar surface area (TPSA) is 47.0 Å². The van der Waals surface area contributed by atoms with Crippen molar-refractivity contribution in [2.75, 3.05) is 6.61 Å². The quantitative estimate of drug-likeness (QED) is 0.865. The maximum atomic E-state index is 12.1. The smallest absolute Gasteiger partial charge is 0.291 e. The van der Waals surface area contributed by atoms with Crippen molar-refractivity contribution < 1.29 is 4.74 Å². The molecule has 0 aliphatic heterocycles. The maximum absolute atomic E-state index is 12.1. The highest BCUT2D eigenvalue weighted by atomic mass is 32.1. The van der Waals surface area contributed by atoms with E-state index < -0.39 is 0 Å². The second kappa shape index (κ2) is 5.18. The van der Waals surface area contributed by atoms with Crippen molar-refractivity contribution in [3.8, 4) is 11.4 Å². The Morgan fingerprint density at radius 2 is 2.22 bits per heavy atom. The first-order valence-electron chi connectivity index (χ1n) is 5.68. The number of aromatic nitrogens is 2. The van der Waals surface area contributed by atoms with Gasteiger partial charge in [-0.25, -0.2) is 4.68 Å². The summed E-state index contributed by atoms with van der Waals surface area (Å²) in [5.41, 5.74) is 1.56. The Bertz CT molecular complexity index is 673. The Kier molecular flexibility index (Phi) is 3.62. The van der Waals surface area contributed by atoms with Crippen molar-refractivity contribution >= 4 is 12.2 Å². The van der Waals surface area contributed by atoms with Gasteiger partial charge in [0.2, 0.25) is 0 Å². The third-order valence-corrected chi connectivity index (χ3v) is 2.88. The standard InChI is InChI=1S/C13H14N2O2S/c1-3-17-11-8-14-15(13(16)12(11)18)10-6-4-5-9(2)7-10/h4-8,14H,3H2,1-2H3. The molecule has 2 rings (SSSR count). The van der Waals surface area contributed by atoms with Gasteiger partial charge in [-0.3, -0.25) is 9.89 Å². The van der Waals surface area contributed by atoms with Crippen LogP contribution in [0.25, 0.3) is 5.69 Å². The number of ether oxygens (including phenoxy) is 1. The number of rotatable bonds is 3. The van der Waals surface area contributed by atoms with Crippen LogP contribution in [0.3, 0.4) is 0 Å². The summed E-state index contributed by atoms with van der Waals surface area (Å²) in [6.07, 6.45) is 1.61. The van der Waals surface area contributed by atoms with E-state index in [1.165, 1.54) is 4.68 Å². The molecule has 2 aromatic rings. The highest BCUT2D eigenvalue weighted by Crippen LogP contribution is 2.11. The second-order valence-corrected chi connectivity index (χ2v) is 4.29. The number of nitrogens with one attached hydrogen (secondary N) is 1. The van der Waals surface area contributed by atoms with E-state index in [1.807, 2.05) is 38.1 Å². The fourth-order valence-corrected chi connectivity index (χ4v) is 1.88. The molecule has 0 fully saturated rings. The zero-order chi connectivity index (χ0) is 13.1. The number of aromatic amines is 1. The van der Waals surface area contributed by atoms with Crippen LogP contribution in [-0.4, -0.2) is 16.4 Å². The third kappa shape index (κ3) is 2.36. The first-order chi connectivity index (χ1) is 8.63. The summed E-state index contributed by atoms with van der Waals surface area (Å²) < 4.78 is 6.89. The minimum Gasteiger partial charge on any atom is -0.491 e. The summed E-state index contributed by atoms with van der Waals surface area (Å²) in [6, 6.07) is 7.62. The number of benzene rings is 1. The number of nitrogens with zero attached hydrogens (tertiary/aromatic N) is 1. The van der Waals surface area contributed by atoms with Crippen LogP contribution in [0, 0.1) is 11.4 Å². The van der Waals surface area contributed by atoms with Gasteiger partial charge in [0.05, 0.1) is 18.5 Å². The van der Waals surface area contributed by atoms with Crippen LogP contribution in [0.1, 0.15) is 12.5 Å². The van der Waals surface area contributed by atoms with Crippen molar-refractivity contribution in [3.05, 3.63) is 50.9 Å². The summed E-state index contributed by atoms with van der Waals surface area (Å²) in [7, 11) is 0. The monoisotopic (exact) mass is 262 g/mol. The van der Waals surface area contributed by atoms with Gasteiger partial charge in [-0.15, -0.1) is 0 Å². The van der Waals surface area contributed by atoms with Gasteiger partial charge in [0.1, 0.15) is 4.51 Å². The summed E-state index contributed by atoms with van der Waals surface area (Å²) in [5, 5.41) is 2.89. The van der Waals surface area contributed by atoms with Crippen molar-refractivity contribution in [2.24, 2.45) is 0 Å². The number of hydrogen-bond donors (Lipinski definition) is 1. The van der Waals surface area contributed by atoms with E-state index in [9.17, 15) is 4.79 Å². The zero-order valence-electron chi connectivity index (χ0n) is 10.3. The Hall–Kier alpha value is -1.88. The summed E-state index contributed by atoms with van der Waals surface area (Å²) in [4.78, 5) is 12.1. The average Bonchev–Trinajstić information content (AvgIpc) is 2.35. The molecule has 0 radical (unpaired) electrons. The SMILES string of the molecule is CCOc1c[nH]n(-c2cccc(C)c2)c(=O)c1=S. The fraction of sp³-hybridized carbons (Fsp3) is 0.231. The second-order valence-electron chi connectivity index (χ2n) is 3.88. The molecule has 0 aliphatic rings. The van der Waals surface area contributed by atoms with Crippen LogP contribution < -0.4 is 10.3 Å². The van der Waals surface area contributed by atoms with Gasteiger partial charge in [0.15, 0.2) is 5.75 Å². The minimum atomic E-state index is -0.276. The van der Waals surface area contributed by atoms with Gasteiger partial charge in [-0.2, -0.15) is 0 Å². The molecule has 0 amide bonds. The highest BCUT2D eigenvalue weighted by molar-refractivity contribution is 7.71. The van der Waals surface area contributed by atoms with Crippen LogP contribution in [0.5, 0.6) is 5.75 Å². The number of aryl methyl sites for hydroxylation is 1. The van der Waals surface area contributed by atoms with Gasteiger partial charge in [-0.1, -0.05) is 24.4 Å². The number of hydrogen-bond acceptors (Lipinski definition) is 3. The molecular formula is C13H14N2O2S. The lowest BCUT2D eigenvalue weighted by Gasteiger charge is -2.08. The molecule has 1 N–H and O–H groups in total. The van der Waals surface area contributed by atoms with Crippen molar-refractivity contribution in [3.63, 3.8) is 0 Å². The lowest BCUT2D eigenvalue weighted by Crippen LogP contribution is -2.22. The summed E-state index contributed by atoms with van der Waals surface area (Å²) >= 11 is 5.10. The molecular weight excluding hydrogens is 248 g/mol. The van der Waals surface area contributed by atoms with Gasteiger partial charge in [-0.05, 0) is 31.5 Å². The average molecular weight is 262 g/mol. The molecule has 18 heavy (non-hydrogen) atoms. The normalized spacial score (nSPS) is 10.3. The fourth-order valence-electron chi connectivity index (χ4n) is 1.68. The van der Waals surface area contributed by atoms with Gasteiger partial charge < -0.3 is 4.74 Å². The predicted octanol–water partition coefficient (Wildman–Crippen LogP) is 2.60.